The van der Waals surface area contributed by atoms with Crippen LogP contribution in [0.1, 0.15) is 42.3 Å². The lowest BCUT2D eigenvalue weighted by Crippen LogP contribution is -2.22. The molecule has 0 aliphatic rings. The van der Waals surface area contributed by atoms with Gasteiger partial charge >= 0.3 is 5.97 Å². The summed E-state index contributed by atoms with van der Waals surface area (Å²) in [5, 5.41) is 11.3. The van der Waals surface area contributed by atoms with Crippen molar-refractivity contribution in [3.05, 3.63) is 69.1 Å². The van der Waals surface area contributed by atoms with Gasteiger partial charge in [0.1, 0.15) is 0 Å². The molecule has 26 heavy (non-hydrogen) atoms. The zero-order chi connectivity index (χ0) is 19.9. The maximum atomic E-state index is 14.1. The number of hydrogen-bond acceptors (Lipinski definition) is 3. The number of aromatic nitrogens is 1. The molecule has 1 aromatic carbocycles. The molecular weight excluding hydrogens is 346 g/mol. The predicted molar refractivity (Wildman–Crippen MR) is 92.0 cm³/mol. The van der Waals surface area contributed by atoms with Crippen LogP contribution in [0.25, 0.3) is 0 Å². The Balaban J connectivity index is 0.00000163. The summed E-state index contributed by atoms with van der Waals surface area (Å²) in [5.41, 5.74) is -0.818. The van der Waals surface area contributed by atoms with Crippen LogP contribution < -0.4 is 10.9 Å². The molecule has 8 heteroatoms. The van der Waals surface area contributed by atoms with Gasteiger partial charge in [-0.25, -0.2) is 13.6 Å². The van der Waals surface area contributed by atoms with Gasteiger partial charge in [-0.05, 0) is 6.07 Å². The van der Waals surface area contributed by atoms with Gasteiger partial charge < -0.3 is 15.0 Å². The summed E-state index contributed by atoms with van der Waals surface area (Å²) in [7, 11) is 0. The number of amides is 1. The molecule has 140 valence electrons. The first kappa shape index (κ1) is 21.0. The van der Waals surface area contributed by atoms with E-state index in [2.05, 4.69) is 5.32 Å². The maximum absolute atomic E-state index is 14.1. The Hall–Kier alpha value is -3.03. The summed E-state index contributed by atoms with van der Waals surface area (Å²) < 4.78 is 29.1. The molecule has 1 heterocycles. The number of carboxylic acids is 1. The Kier molecular flexibility index (Phi) is 7.64. The van der Waals surface area contributed by atoms with E-state index in [4.69, 9.17) is 5.11 Å². The quantitative estimate of drug-likeness (QED) is 0.851. The molecule has 1 amide bonds. The van der Waals surface area contributed by atoms with E-state index in [-0.39, 0.29) is 35.7 Å². The minimum Gasteiger partial charge on any atom is -0.478 e. The summed E-state index contributed by atoms with van der Waals surface area (Å²) >= 11 is 0. The number of nitrogens with one attached hydrogen (secondary N) is 1. The fourth-order valence-corrected chi connectivity index (χ4v) is 2.07. The summed E-state index contributed by atoms with van der Waals surface area (Å²) in [5.74, 6) is -3.88. The standard InChI is InChI=1S/C16H14F2N2O4.C2H6/c1-9(21)19-6-10-2-3-11(15(18)14(10)17)7-20-8-12(16(23)24)4-5-13(20)22;1-2/h2-5,8H,6-7H2,1H3,(H,19,21)(H,23,24);1-2H3. The molecule has 1 aromatic heterocycles. The molecule has 0 aliphatic carbocycles. The van der Waals surface area contributed by atoms with E-state index in [1.165, 1.54) is 19.1 Å². The predicted octanol–water partition coefficient (Wildman–Crippen LogP) is 2.54. The number of halogens is 2. The van der Waals surface area contributed by atoms with Gasteiger partial charge in [-0.1, -0.05) is 26.0 Å². The number of carboxylic acid groups (broad SMARTS) is 1. The Bertz CT molecular complexity index is 863. The number of rotatable bonds is 5. The third kappa shape index (κ3) is 5.23. The van der Waals surface area contributed by atoms with Crippen LogP contribution in [-0.4, -0.2) is 21.6 Å². The second-order valence-corrected chi connectivity index (χ2v) is 5.11. The second-order valence-electron chi connectivity index (χ2n) is 5.11. The molecule has 0 fully saturated rings. The van der Waals surface area contributed by atoms with Crippen molar-refractivity contribution in [2.75, 3.05) is 0 Å². The molecule has 0 radical (unpaired) electrons. The fraction of sp³-hybridized carbons (Fsp3) is 0.278. The lowest BCUT2D eigenvalue weighted by atomic mass is 10.1. The normalized spacial score (nSPS) is 9.88. The smallest absolute Gasteiger partial charge is 0.337 e. The van der Waals surface area contributed by atoms with Crippen molar-refractivity contribution < 1.29 is 23.5 Å². The van der Waals surface area contributed by atoms with Gasteiger partial charge in [-0.15, -0.1) is 0 Å². The third-order valence-corrected chi connectivity index (χ3v) is 3.34. The van der Waals surface area contributed by atoms with Crippen LogP contribution in [0.3, 0.4) is 0 Å². The van der Waals surface area contributed by atoms with Crippen molar-refractivity contribution >= 4 is 11.9 Å². The lowest BCUT2D eigenvalue weighted by molar-refractivity contribution is -0.119. The summed E-state index contributed by atoms with van der Waals surface area (Å²) in [4.78, 5) is 33.5. The first-order valence-electron chi connectivity index (χ1n) is 7.93. The zero-order valence-electron chi connectivity index (χ0n) is 14.7. The Morgan fingerprint density at radius 3 is 2.23 bits per heavy atom. The van der Waals surface area contributed by atoms with Gasteiger partial charge in [-0.3, -0.25) is 9.59 Å². The Labute approximate surface area is 149 Å². The molecule has 0 atom stereocenters. The van der Waals surface area contributed by atoms with E-state index < -0.39 is 23.2 Å². The second kappa shape index (κ2) is 9.45. The maximum Gasteiger partial charge on any atom is 0.337 e. The van der Waals surface area contributed by atoms with Crippen molar-refractivity contribution in [3.8, 4) is 0 Å². The molecule has 0 bridgehead atoms. The summed E-state index contributed by atoms with van der Waals surface area (Å²) in [6.45, 7) is 4.78. The molecule has 0 unspecified atom stereocenters. The molecule has 0 saturated heterocycles. The molecule has 2 N–H and O–H groups in total. The van der Waals surface area contributed by atoms with Gasteiger partial charge in [0.15, 0.2) is 11.6 Å². The van der Waals surface area contributed by atoms with Crippen LogP contribution in [0, 0.1) is 11.6 Å². The molecule has 0 saturated carbocycles. The van der Waals surface area contributed by atoms with Crippen molar-refractivity contribution in [3.63, 3.8) is 0 Å². The average molecular weight is 366 g/mol. The molecular formula is C18H20F2N2O4. The van der Waals surface area contributed by atoms with Crippen molar-refractivity contribution in [2.45, 2.75) is 33.9 Å². The number of carbonyl (C=O) groups excluding carboxylic acids is 1. The Morgan fingerprint density at radius 1 is 1.08 bits per heavy atom. The number of pyridine rings is 1. The SMILES string of the molecule is CC.CC(=O)NCc1ccc(Cn2cc(C(=O)O)ccc2=O)c(F)c1F. The van der Waals surface area contributed by atoms with E-state index in [1.54, 1.807) is 0 Å². The molecule has 0 aliphatic heterocycles. The van der Waals surface area contributed by atoms with Crippen LogP contribution in [0.15, 0.2) is 35.3 Å². The van der Waals surface area contributed by atoms with Gasteiger partial charge in [0.2, 0.25) is 5.91 Å². The highest BCUT2D eigenvalue weighted by Gasteiger charge is 2.15. The van der Waals surface area contributed by atoms with Crippen LogP contribution in [0.5, 0.6) is 0 Å². The van der Waals surface area contributed by atoms with E-state index in [9.17, 15) is 23.2 Å². The van der Waals surface area contributed by atoms with Gasteiger partial charge in [0.05, 0.1) is 12.1 Å². The number of hydrogen-bond donors (Lipinski definition) is 2. The van der Waals surface area contributed by atoms with Crippen molar-refractivity contribution in [2.24, 2.45) is 0 Å². The first-order chi connectivity index (χ1) is 12.3. The number of carbonyl (C=O) groups is 2. The highest BCUT2D eigenvalue weighted by atomic mass is 19.2. The fourth-order valence-electron chi connectivity index (χ4n) is 2.07. The van der Waals surface area contributed by atoms with E-state index in [0.717, 1.165) is 22.9 Å². The van der Waals surface area contributed by atoms with Crippen LogP contribution in [-0.2, 0) is 17.9 Å². The summed E-state index contributed by atoms with van der Waals surface area (Å²) in [6, 6.07) is 4.77. The van der Waals surface area contributed by atoms with E-state index >= 15 is 0 Å². The number of nitrogens with zero attached hydrogens (tertiary/aromatic N) is 1. The number of aromatic carboxylic acids is 1. The summed E-state index contributed by atoms with van der Waals surface area (Å²) in [6.07, 6.45) is 1.06. The monoisotopic (exact) mass is 366 g/mol. The molecule has 2 aromatic rings. The van der Waals surface area contributed by atoms with Gasteiger partial charge in [-0.2, -0.15) is 0 Å². The topological polar surface area (TPSA) is 88.4 Å². The van der Waals surface area contributed by atoms with Crippen molar-refractivity contribution in [1.82, 2.24) is 9.88 Å². The van der Waals surface area contributed by atoms with Crippen LogP contribution in [0.4, 0.5) is 8.78 Å². The Morgan fingerprint density at radius 2 is 1.65 bits per heavy atom. The zero-order valence-corrected chi connectivity index (χ0v) is 14.7. The van der Waals surface area contributed by atoms with E-state index in [0.29, 0.717) is 0 Å². The third-order valence-electron chi connectivity index (χ3n) is 3.34. The average Bonchev–Trinajstić information content (AvgIpc) is 2.61. The minimum absolute atomic E-state index is 0.0296. The molecule has 0 spiro atoms. The van der Waals surface area contributed by atoms with Crippen LogP contribution >= 0.6 is 0 Å². The minimum atomic E-state index is -1.24. The van der Waals surface area contributed by atoms with Crippen molar-refractivity contribution in [1.29, 1.82) is 0 Å². The van der Waals surface area contributed by atoms with E-state index in [1.807, 2.05) is 13.8 Å². The highest BCUT2D eigenvalue weighted by Crippen LogP contribution is 2.17. The highest BCUT2D eigenvalue weighted by molar-refractivity contribution is 5.87. The molecule has 2 rings (SSSR count). The largest absolute Gasteiger partial charge is 0.478 e. The molecule has 6 nitrogen and oxygen atoms in total. The van der Waals surface area contributed by atoms with Gasteiger partial charge in [0, 0.05) is 36.9 Å². The van der Waals surface area contributed by atoms with Gasteiger partial charge in [0.25, 0.3) is 5.56 Å². The van der Waals surface area contributed by atoms with Crippen LogP contribution in [0.2, 0.25) is 0 Å². The number of benzene rings is 1. The first-order valence-corrected chi connectivity index (χ1v) is 7.93. The lowest BCUT2D eigenvalue weighted by Gasteiger charge is -2.11.